The standard InChI is InChI=1S/C23H28N2O/c1-24(2)20-11-5-17(6-12-20)23(19-9-15-22(26)16-10-19)18-7-13-21(14-8-18)25(3)4/h5-8,11-14H,9-10,15-16H2,1-4H3. The zero-order valence-corrected chi connectivity index (χ0v) is 16.2. The fourth-order valence-electron chi connectivity index (χ4n) is 3.51. The van der Waals surface area contributed by atoms with Crippen LogP contribution in [0.3, 0.4) is 0 Å². The van der Waals surface area contributed by atoms with Crippen molar-refractivity contribution in [2.45, 2.75) is 25.7 Å². The van der Waals surface area contributed by atoms with E-state index in [-0.39, 0.29) is 0 Å². The molecule has 0 amide bonds. The van der Waals surface area contributed by atoms with Crippen LogP contribution in [-0.4, -0.2) is 34.0 Å². The number of hydrogen-bond donors (Lipinski definition) is 0. The summed E-state index contributed by atoms with van der Waals surface area (Å²) in [7, 11) is 8.23. The molecule has 0 spiro atoms. The molecule has 0 saturated heterocycles. The molecule has 0 unspecified atom stereocenters. The van der Waals surface area contributed by atoms with Gasteiger partial charge >= 0.3 is 0 Å². The van der Waals surface area contributed by atoms with Crippen molar-refractivity contribution in [1.29, 1.82) is 0 Å². The number of anilines is 2. The van der Waals surface area contributed by atoms with Crippen LogP contribution in [0.25, 0.3) is 5.57 Å². The molecule has 0 atom stereocenters. The van der Waals surface area contributed by atoms with Crippen molar-refractivity contribution in [1.82, 2.24) is 0 Å². The number of Topliss-reactive ketones (excluding diaryl/α,β-unsaturated/α-hetero) is 1. The zero-order valence-electron chi connectivity index (χ0n) is 16.2. The minimum absolute atomic E-state index is 0.388. The molecule has 1 fully saturated rings. The lowest BCUT2D eigenvalue weighted by Crippen LogP contribution is -2.10. The van der Waals surface area contributed by atoms with Gasteiger partial charge in [0.1, 0.15) is 5.78 Å². The van der Waals surface area contributed by atoms with E-state index in [4.69, 9.17) is 0 Å². The predicted octanol–water partition coefficient (Wildman–Crippen LogP) is 4.76. The minimum atomic E-state index is 0.388. The van der Waals surface area contributed by atoms with Crippen molar-refractivity contribution in [3.05, 3.63) is 65.2 Å². The summed E-state index contributed by atoms with van der Waals surface area (Å²) in [5.74, 6) is 0.388. The Morgan fingerprint density at radius 1 is 0.654 bits per heavy atom. The van der Waals surface area contributed by atoms with Gasteiger partial charge in [0, 0.05) is 52.4 Å². The van der Waals surface area contributed by atoms with Crippen LogP contribution in [0.4, 0.5) is 11.4 Å². The van der Waals surface area contributed by atoms with E-state index in [1.54, 1.807) is 0 Å². The first-order chi connectivity index (χ1) is 12.5. The van der Waals surface area contributed by atoms with Gasteiger partial charge in [0.15, 0.2) is 0 Å². The summed E-state index contributed by atoms with van der Waals surface area (Å²) >= 11 is 0. The minimum Gasteiger partial charge on any atom is -0.378 e. The summed E-state index contributed by atoms with van der Waals surface area (Å²) < 4.78 is 0. The highest BCUT2D eigenvalue weighted by Crippen LogP contribution is 2.35. The van der Waals surface area contributed by atoms with Crippen LogP contribution in [0.15, 0.2) is 54.1 Å². The molecule has 0 radical (unpaired) electrons. The average molecular weight is 348 g/mol. The van der Waals surface area contributed by atoms with Crippen molar-refractivity contribution in [2.24, 2.45) is 0 Å². The summed E-state index contributed by atoms with van der Waals surface area (Å²) in [6, 6.07) is 17.5. The SMILES string of the molecule is CN(C)c1ccc(C(=C2CCC(=O)CC2)c2ccc(N(C)C)cc2)cc1. The maximum atomic E-state index is 11.7. The Bertz CT molecular complexity index is 734. The van der Waals surface area contributed by atoms with Crippen LogP contribution in [0, 0.1) is 0 Å². The summed E-state index contributed by atoms with van der Waals surface area (Å²) in [5.41, 5.74) is 7.56. The van der Waals surface area contributed by atoms with E-state index in [1.807, 2.05) is 0 Å². The van der Waals surface area contributed by atoms with Crippen LogP contribution in [0.5, 0.6) is 0 Å². The lowest BCUT2D eigenvalue weighted by Gasteiger charge is -2.21. The van der Waals surface area contributed by atoms with Crippen molar-refractivity contribution in [3.8, 4) is 0 Å². The van der Waals surface area contributed by atoms with Gasteiger partial charge in [-0.3, -0.25) is 4.79 Å². The van der Waals surface area contributed by atoms with E-state index in [2.05, 4.69) is 86.5 Å². The average Bonchev–Trinajstić information content (AvgIpc) is 2.64. The highest BCUT2D eigenvalue weighted by molar-refractivity contribution is 5.87. The summed E-state index contributed by atoms with van der Waals surface area (Å²) in [5, 5.41) is 0. The first-order valence-electron chi connectivity index (χ1n) is 9.25. The van der Waals surface area contributed by atoms with E-state index in [9.17, 15) is 4.79 Å². The van der Waals surface area contributed by atoms with E-state index in [0.29, 0.717) is 18.6 Å². The van der Waals surface area contributed by atoms with Crippen LogP contribution in [0.1, 0.15) is 36.8 Å². The Morgan fingerprint density at radius 3 is 1.38 bits per heavy atom. The quantitative estimate of drug-likeness (QED) is 0.795. The lowest BCUT2D eigenvalue weighted by molar-refractivity contribution is -0.119. The van der Waals surface area contributed by atoms with Gasteiger partial charge < -0.3 is 9.80 Å². The van der Waals surface area contributed by atoms with Gasteiger partial charge in [0.25, 0.3) is 0 Å². The third-order valence-electron chi connectivity index (χ3n) is 5.11. The maximum Gasteiger partial charge on any atom is 0.133 e. The second kappa shape index (κ2) is 7.77. The van der Waals surface area contributed by atoms with Crippen molar-refractivity contribution < 1.29 is 4.79 Å². The number of carbonyl (C=O) groups excluding carboxylic acids is 1. The zero-order chi connectivity index (χ0) is 18.7. The first-order valence-corrected chi connectivity index (χ1v) is 9.25. The van der Waals surface area contributed by atoms with Gasteiger partial charge in [-0.15, -0.1) is 0 Å². The fraction of sp³-hybridized carbons (Fsp3) is 0.348. The molecule has 1 aliphatic carbocycles. The number of allylic oxidation sites excluding steroid dienone is 1. The van der Waals surface area contributed by atoms with Crippen molar-refractivity contribution >= 4 is 22.7 Å². The Morgan fingerprint density at radius 2 is 1.04 bits per heavy atom. The van der Waals surface area contributed by atoms with E-state index in [1.165, 1.54) is 33.6 Å². The Hall–Kier alpha value is -2.55. The molecule has 3 rings (SSSR count). The van der Waals surface area contributed by atoms with E-state index in [0.717, 1.165) is 12.8 Å². The fourth-order valence-corrected chi connectivity index (χ4v) is 3.51. The second-order valence-corrected chi connectivity index (χ2v) is 7.40. The molecular formula is C23H28N2O. The predicted molar refractivity (Wildman–Crippen MR) is 111 cm³/mol. The molecular weight excluding hydrogens is 320 g/mol. The van der Waals surface area contributed by atoms with Gasteiger partial charge in [-0.05, 0) is 53.8 Å². The molecule has 2 aromatic carbocycles. The second-order valence-electron chi connectivity index (χ2n) is 7.40. The number of ketones is 1. The molecule has 0 N–H and O–H groups in total. The molecule has 0 bridgehead atoms. The Kier molecular flexibility index (Phi) is 5.46. The smallest absolute Gasteiger partial charge is 0.133 e. The van der Waals surface area contributed by atoms with Gasteiger partial charge in [-0.25, -0.2) is 0 Å². The van der Waals surface area contributed by atoms with Crippen molar-refractivity contribution in [2.75, 3.05) is 38.0 Å². The molecule has 3 nitrogen and oxygen atoms in total. The number of carbonyl (C=O) groups is 1. The molecule has 26 heavy (non-hydrogen) atoms. The third-order valence-corrected chi connectivity index (χ3v) is 5.11. The number of nitrogens with zero attached hydrogens (tertiary/aromatic N) is 2. The first kappa shape index (κ1) is 18.2. The highest BCUT2D eigenvalue weighted by atomic mass is 16.1. The lowest BCUT2D eigenvalue weighted by atomic mass is 9.84. The largest absolute Gasteiger partial charge is 0.378 e. The van der Waals surface area contributed by atoms with Crippen molar-refractivity contribution in [3.63, 3.8) is 0 Å². The Labute approximate surface area is 156 Å². The van der Waals surface area contributed by atoms with Gasteiger partial charge in [-0.1, -0.05) is 29.8 Å². The number of benzene rings is 2. The molecule has 0 heterocycles. The molecule has 3 heteroatoms. The Balaban J connectivity index is 2.04. The van der Waals surface area contributed by atoms with Gasteiger partial charge in [0.2, 0.25) is 0 Å². The van der Waals surface area contributed by atoms with Gasteiger partial charge in [-0.2, -0.15) is 0 Å². The molecule has 0 aliphatic heterocycles. The topological polar surface area (TPSA) is 23.6 Å². The molecule has 2 aromatic rings. The van der Waals surface area contributed by atoms with Crippen LogP contribution >= 0.6 is 0 Å². The summed E-state index contributed by atoms with van der Waals surface area (Å²) in [6.45, 7) is 0. The van der Waals surface area contributed by atoms with E-state index < -0.39 is 0 Å². The summed E-state index contributed by atoms with van der Waals surface area (Å²) in [6.07, 6.45) is 3.09. The highest BCUT2D eigenvalue weighted by Gasteiger charge is 2.18. The third kappa shape index (κ3) is 3.98. The molecule has 136 valence electrons. The normalized spacial score (nSPS) is 14.3. The van der Waals surface area contributed by atoms with E-state index >= 15 is 0 Å². The van der Waals surface area contributed by atoms with Gasteiger partial charge in [0.05, 0.1) is 0 Å². The number of rotatable bonds is 4. The monoisotopic (exact) mass is 348 g/mol. The maximum absolute atomic E-state index is 11.7. The number of hydrogen-bond acceptors (Lipinski definition) is 3. The summed E-state index contributed by atoms with van der Waals surface area (Å²) in [4.78, 5) is 15.9. The molecule has 1 aliphatic rings. The molecule has 0 aromatic heterocycles. The van der Waals surface area contributed by atoms with Crippen LogP contribution in [-0.2, 0) is 4.79 Å². The molecule has 1 saturated carbocycles. The van der Waals surface area contributed by atoms with Crippen LogP contribution in [0.2, 0.25) is 0 Å². The van der Waals surface area contributed by atoms with Crippen LogP contribution < -0.4 is 9.80 Å².